The summed E-state index contributed by atoms with van der Waals surface area (Å²) in [5, 5.41) is 5.11. The van der Waals surface area contributed by atoms with Crippen LogP contribution in [0.4, 0.5) is 4.79 Å². The first-order valence-corrected chi connectivity index (χ1v) is 6.23. The summed E-state index contributed by atoms with van der Waals surface area (Å²) in [5.74, 6) is -0.641. The average molecular weight is 273 g/mol. The fourth-order valence-corrected chi connectivity index (χ4v) is 1.95. The number of nitrogens with one attached hydrogen (secondary N) is 2. The minimum Gasteiger partial charge on any atom is -0.336 e. The van der Waals surface area contributed by atoms with Crippen LogP contribution in [-0.4, -0.2) is 42.4 Å². The molecule has 0 aliphatic carbocycles. The minimum absolute atomic E-state index is 0.147. The van der Waals surface area contributed by atoms with Gasteiger partial charge < -0.3 is 10.6 Å². The van der Waals surface area contributed by atoms with Crippen LogP contribution in [0.3, 0.4) is 0 Å². The Hall–Kier alpha value is -2.63. The van der Waals surface area contributed by atoms with Crippen molar-refractivity contribution in [1.29, 1.82) is 0 Å². The van der Waals surface area contributed by atoms with E-state index in [1.54, 1.807) is 30.3 Å². The molecule has 1 aromatic carbocycles. The molecule has 0 bridgehead atoms. The molecule has 1 aliphatic rings. The van der Waals surface area contributed by atoms with Crippen LogP contribution < -0.4 is 10.6 Å². The van der Waals surface area contributed by atoms with Gasteiger partial charge in [0.15, 0.2) is 0 Å². The number of nitrogens with zero attached hydrogens (tertiary/aromatic N) is 1. The van der Waals surface area contributed by atoms with Gasteiger partial charge in [0.1, 0.15) is 0 Å². The van der Waals surface area contributed by atoms with Gasteiger partial charge in [-0.3, -0.25) is 14.5 Å². The Labute approximate surface area is 116 Å². The van der Waals surface area contributed by atoms with Crippen LogP contribution in [-0.2, 0) is 0 Å². The Morgan fingerprint density at radius 1 is 1.15 bits per heavy atom. The number of benzene rings is 1. The Kier molecular flexibility index (Phi) is 4.14. The van der Waals surface area contributed by atoms with Crippen molar-refractivity contribution in [3.05, 3.63) is 48.0 Å². The summed E-state index contributed by atoms with van der Waals surface area (Å²) in [4.78, 5) is 36.5. The first-order chi connectivity index (χ1) is 9.65. The Morgan fingerprint density at radius 3 is 2.30 bits per heavy atom. The summed E-state index contributed by atoms with van der Waals surface area (Å²) in [6.45, 7) is 4.19. The van der Waals surface area contributed by atoms with Crippen LogP contribution in [0.5, 0.6) is 0 Å². The number of amides is 4. The van der Waals surface area contributed by atoms with Crippen LogP contribution in [0.1, 0.15) is 20.7 Å². The van der Waals surface area contributed by atoms with E-state index in [4.69, 9.17) is 0 Å². The van der Waals surface area contributed by atoms with E-state index in [0.29, 0.717) is 17.7 Å². The average Bonchev–Trinajstić information content (AvgIpc) is 2.70. The highest BCUT2D eigenvalue weighted by Crippen LogP contribution is 2.21. The molecule has 2 rings (SSSR count). The molecule has 0 spiro atoms. The van der Waals surface area contributed by atoms with Crippen LogP contribution in [0.2, 0.25) is 0 Å². The van der Waals surface area contributed by atoms with Gasteiger partial charge in [-0.15, -0.1) is 6.58 Å². The lowest BCUT2D eigenvalue weighted by atomic mass is 10.1. The van der Waals surface area contributed by atoms with E-state index in [9.17, 15) is 14.4 Å². The first-order valence-electron chi connectivity index (χ1n) is 6.23. The SMILES string of the molecule is C=CCNC(=O)NCCN1C(=O)c2ccccc2C1=O. The molecule has 104 valence electrons. The number of hydrogen-bond acceptors (Lipinski definition) is 3. The molecule has 2 N–H and O–H groups in total. The lowest BCUT2D eigenvalue weighted by Gasteiger charge is -2.14. The van der Waals surface area contributed by atoms with Crippen molar-refractivity contribution in [3.63, 3.8) is 0 Å². The predicted octanol–water partition coefficient (Wildman–Crippen LogP) is 0.768. The van der Waals surface area contributed by atoms with Gasteiger partial charge in [-0.1, -0.05) is 18.2 Å². The summed E-state index contributed by atoms with van der Waals surface area (Å²) in [5.41, 5.74) is 0.821. The third kappa shape index (κ3) is 2.69. The van der Waals surface area contributed by atoms with Crippen molar-refractivity contribution in [1.82, 2.24) is 15.5 Å². The van der Waals surface area contributed by atoms with E-state index in [1.165, 1.54) is 0 Å². The summed E-state index contributed by atoms with van der Waals surface area (Å²) in [6, 6.07) is 6.32. The van der Waals surface area contributed by atoms with Crippen LogP contribution in [0.15, 0.2) is 36.9 Å². The molecule has 0 radical (unpaired) electrons. The predicted molar refractivity (Wildman–Crippen MR) is 73.4 cm³/mol. The van der Waals surface area contributed by atoms with Crippen molar-refractivity contribution < 1.29 is 14.4 Å². The van der Waals surface area contributed by atoms with Crippen LogP contribution in [0, 0.1) is 0 Å². The molecule has 1 aromatic rings. The van der Waals surface area contributed by atoms with Crippen molar-refractivity contribution in [2.75, 3.05) is 19.6 Å². The van der Waals surface area contributed by atoms with Gasteiger partial charge in [0.25, 0.3) is 11.8 Å². The third-order valence-electron chi connectivity index (χ3n) is 2.91. The fraction of sp³-hybridized carbons (Fsp3) is 0.214. The van der Waals surface area contributed by atoms with Gasteiger partial charge in [0.05, 0.1) is 11.1 Å². The molecular formula is C14H15N3O3. The van der Waals surface area contributed by atoms with Gasteiger partial charge in [0.2, 0.25) is 0 Å². The molecule has 0 aromatic heterocycles. The molecule has 0 fully saturated rings. The molecule has 0 atom stereocenters. The number of rotatable bonds is 5. The summed E-state index contributed by atoms with van der Waals surface area (Å²) in [6.07, 6.45) is 1.56. The maximum Gasteiger partial charge on any atom is 0.315 e. The van der Waals surface area contributed by atoms with E-state index in [1.807, 2.05) is 0 Å². The zero-order valence-corrected chi connectivity index (χ0v) is 10.9. The second kappa shape index (κ2) is 6.01. The number of carbonyl (C=O) groups is 3. The summed E-state index contributed by atoms with van der Waals surface area (Å²) >= 11 is 0. The molecule has 6 heteroatoms. The standard InChI is InChI=1S/C14H15N3O3/c1-2-7-15-14(20)16-8-9-17-12(18)10-5-3-4-6-11(10)13(17)19/h2-6H,1,7-9H2,(H2,15,16,20). The fourth-order valence-electron chi connectivity index (χ4n) is 1.95. The van der Waals surface area contributed by atoms with Gasteiger partial charge in [-0.05, 0) is 12.1 Å². The van der Waals surface area contributed by atoms with Gasteiger partial charge in [0, 0.05) is 19.6 Å². The highest BCUT2D eigenvalue weighted by atomic mass is 16.2. The van der Waals surface area contributed by atoms with Crippen molar-refractivity contribution >= 4 is 17.8 Å². The maximum absolute atomic E-state index is 12.0. The monoisotopic (exact) mass is 273 g/mol. The number of hydrogen-bond donors (Lipinski definition) is 2. The zero-order chi connectivity index (χ0) is 14.5. The van der Waals surface area contributed by atoms with E-state index in [-0.39, 0.29) is 30.9 Å². The topological polar surface area (TPSA) is 78.5 Å². The van der Waals surface area contributed by atoms with Crippen molar-refractivity contribution in [2.45, 2.75) is 0 Å². The summed E-state index contributed by atoms with van der Waals surface area (Å²) < 4.78 is 0. The van der Waals surface area contributed by atoms with Crippen molar-refractivity contribution in [3.8, 4) is 0 Å². The van der Waals surface area contributed by atoms with Crippen LogP contribution >= 0.6 is 0 Å². The molecule has 1 heterocycles. The highest BCUT2D eigenvalue weighted by molar-refractivity contribution is 6.21. The Balaban J connectivity index is 1.90. The second-order valence-electron chi connectivity index (χ2n) is 4.23. The van der Waals surface area contributed by atoms with Crippen molar-refractivity contribution in [2.24, 2.45) is 0 Å². The van der Waals surface area contributed by atoms with Gasteiger partial charge in [-0.2, -0.15) is 0 Å². The normalized spacial score (nSPS) is 13.1. The maximum atomic E-state index is 12.0. The molecule has 0 unspecified atom stereocenters. The summed E-state index contributed by atoms with van der Waals surface area (Å²) in [7, 11) is 0. The first kappa shape index (κ1) is 13.8. The number of fused-ring (bicyclic) bond motifs is 1. The molecular weight excluding hydrogens is 258 g/mol. The molecule has 1 aliphatic heterocycles. The largest absolute Gasteiger partial charge is 0.336 e. The quantitative estimate of drug-likeness (QED) is 0.614. The number of carbonyl (C=O) groups excluding carboxylic acids is 3. The van der Waals surface area contributed by atoms with E-state index < -0.39 is 0 Å². The second-order valence-corrected chi connectivity index (χ2v) is 4.23. The molecule has 6 nitrogen and oxygen atoms in total. The number of imide groups is 1. The van der Waals surface area contributed by atoms with E-state index in [2.05, 4.69) is 17.2 Å². The molecule has 0 saturated heterocycles. The highest BCUT2D eigenvalue weighted by Gasteiger charge is 2.34. The molecule has 4 amide bonds. The minimum atomic E-state index is -0.360. The third-order valence-corrected chi connectivity index (χ3v) is 2.91. The number of urea groups is 1. The van der Waals surface area contributed by atoms with Crippen LogP contribution in [0.25, 0.3) is 0 Å². The zero-order valence-electron chi connectivity index (χ0n) is 10.9. The lowest BCUT2D eigenvalue weighted by Crippen LogP contribution is -2.42. The van der Waals surface area contributed by atoms with Gasteiger partial charge in [-0.25, -0.2) is 4.79 Å². The molecule has 0 saturated carbocycles. The molecule has 20 heavy (non-hydrogen) atoms. The van der Waals surface area contributed by atoms with E-state index >= 15 is 0 Å². The van der Waals surface area contributed by atoms with Gasteiger partial charge >= 0.3 is 6.03 Å². The lowest BCUT2D eigenvalue weighted by molar-refractivity contribution is 0.0656. The smallest absolute Gasteiger partial charge is 0.315 e. The Morgan fingerprint density at radius 2 is 1.75 bits per heavy atom. The Bertz CT molecular complexity index is 534. The van der Waals surface area contributed by atoms with E-state index in [0.717, 1.165) is 4.90 Å².